The van der Waals surface area contributed by atoms with E-state index in [2.05, 4.69) is 34.7 Å². The van der Waals surface area contributed by atoms with Crippen LogP contribution in [0.15, 0.2) is 0 Å². The molecule has 0 aromatic carbocycles. The highest BCUT2D eigenvalue weighted by Crippen LogP contribution is 2.51. The molecule has 0 radical (unpaired) electrons. The fraction of sp³-hybridized carbons (Fsp3) is 0.769. The third-order valence-corrected chi connectivity index (χ3v) is 4.67. The number of nitrogens with zero attached hydrogens (tertiary/aromatic N) is 2. The number of alkyl halides is 3. The molecule has 1 amide bonds. The van der Waals surface area contributed by atoms with Crippen LogP contribution >= 0.6 is 11.3 Å². The minimum Gasteiger partial charge on any atom is -0.360 e. The lowest BCUT2D eigenvalue weighted by Gasteiger charge is -2.14. The van der Waals surface area contributed by atoms with E-state index in [1.807, 2.05) is 6.92 Å². The first-order valence-electron chi connectivity index (χ1n) is 7.04. The van der Waals surface area contributed by atoms with Gasteiger partial charge in [-0.1, -0.05) is 25.2 Å². The van der Waals surface area contributed by atoms with E-state index in [9.17, 15) is 18.0 Å². The van der Waals surface area contributed by atoms with Crippen molar-refractivity contribution in [1.82, 2.24) is 15.5 Å². The summed E-state index contributed by atoms with van der Waals surface area (Å²) in [4.78, 5) is 11.9. The maximum absolute atomic E-state index is 12.4. The van der Waals surface area contributed by atoms with Gasteiger partial charge < -0.3 is 10.6 Å². The van der Waals surface area contributed by atoms with E-state index in [0.29, 0.717) is 24.3 Å². The van der Waals surface area contributed by atoms with Crippen LogP contribution in [-0.2, 0) is 11.0 Å². The second-order valence-electron chi connectivity index (χ2n) is 6.28. The summed E-state index contributed by atoms with van der Waals surface area (Å²) in [6.07, 6.45) is -2.97. The Kier molecular flexibility index (Phi) is 4.65. The monoisotopic (exact) mass is 336 g/mol. The molecule has 1 saturated carbocycles. The van der Waals surface area contributed by atoms with Crippen molar-refractivity contribution in [1.29, 1.82) is 0 Å². The van der Waals surface area contributed by atoms with Gasteiger partial charge in [-0.25, -0.2) is 0 Å². The zero-order valence-corrected chi connectivity index (χ0v) is 13.4. The van der Waals surface area contributed by atoms with Crippen molar-refractivity contribution in [3.8, 4) is 0 Å². The Labute approximate surface area is 130 Å². The first kappa shape index (κ1) is 17.0. The molecule has 1 aromatic heterocycles. The number of anilines is 1. The van der Waals surface area contributed by atoms with Crippen LogP contribution in [-0.4, -0.2) is 28.7 Å². The Bertz CT molecular complexity index is 544. The number of hydrogen-bond donors (Lipinski definition) is 2. The Morgan fingerprint density at radius 3 is 2.59 bits per heavy atom. The fourth-order valence-corrected chi connectivity index (χ4v) is 2.77. The van der Waals surface area contributed by atoms with Gasteiger partial charge in [-0.15, -0.1) is 10.2 Å². The average molecular weight is 336 g/mol. The molecular weight excluding hydrogens is 317 g/mol. The molecule has 0 saturated heterocycles. The molecule has 2 rings (SSSR count). The maximum atomic E-state index is 12.4. The lowest BCUT2D eigenvalue weighted by atomic mass is 10.1. The van der Waals surface area contributed by atoms with Crippen LogP contribution in [0, 0.1) is 11.3 Å². The Morgan fingerprint density at radius 1 is 1.45 bits per heavy atom. The minimum atomic E-state index is -4.46. The summed E-state index contributed by atoms with van der Waals surface area (Å²) in [7, 11) is 0. The number of halogens is 3. The highest BCUT2D eigenvalue weighted by Gasteiger charge is 2.50. The molecule has 124 valence electrons. The van der Waals surface area contributed by atoms with Gasteiger partial charge in [-0.05, 0) is 25.2 Å². The predicted octanol–water partition coefficient (Wildman–Crippen LogP) is 2.91. The number of nitrogens with one attached hydrogen (secondary N) is 2. The Balaban J connectivity index is 1.70. The van der Waals surface area contributed by atoms with E-state index >= 15 is 0 Å². The topological polar surface area (TPSA) is 66.9 Å². The minimum absolute atomic E-state index is 0.0489. The summed E-state index contributed by atoms with van der Waals surface area (Å²) < 4.78 is 37.1. The molecule has 1 aliphatic rings. The van der Waals surface area contributed by atoms with Crippen LogP contribution < -0.4 is 10.6 Å². The second kappa shape index (κ2) is 6.02. The van der Waals surface area contributed by atoms with Gasteiger partial charge in [0.05, 0.1) is 0 Å². The normalized spacial score (nSPS) is 21.3. The molecule has 5 nitrogen and oxygen atoms in total. The number of carbonyl (C=O) groups excluding carboxylic acids is 1. The molecule has 1 fully saturated rings. The SMILES string of the molecule is C[C@@H](CCNc1nnc(C(F)(F)F)s1)NC(=O)[C@H]1CC1(C)C. The second-order valence-corrected chi connectivity index (χ2v) is 7.26. The summed E-state index contributed by atoms with van der Waals surface area (Å²) in [5, 5.41) is 11.4. The zero-order chi connectivity index (χ0) is 16.5. The van der Waals surface area contributed by atoms with E-state index in [1.54, 1.807) is 0 Å². The number of rotatable bonds is 6. The lowest BCUT2D eigenvalue weighted by molar-refractivity contribution is -0.138. The molecule has 9 heteroatoms. The number of aromatic nitrogens is 2. The number of amides is 1. The Morgan fingerprint density at radius 2 is 2.09 bits per heavy atom. The molecule has 22 heavy (non-hydrogen) atoms. The summed E-state index contributed by atoms with van der Waals surface area (Å²) in [5.41, 5.74) is 0.0859. The first-order valence-corrected chi connectivity index (χ1v) is 7.86. The van der Waals surface area contributed by atoms with Gasteiger partial charge in [-0.3, -0.25) is 4.79 Å². The van der Waals surface area contributed by atoms with Crippen LogP contribution in [0.1, 0.15) is 38.6 Å². The van der Waals surface area contributed by atoms with E-state index in [4.69, 9.17) is 0 Å². The van der Waals surface area contributed by atoms with Crippen LogP contribution in [0.3, 0.4) is 0 Å². The van der Waals surface area contributed by atoms with Gasteiger partial charge in [0.15, 0.2) is 0 Å². The summed E-state index contributed by atoms with van der Waals surface area (Å²) in [6.45, 7) is 6.40. The smallest absolute Gasteiger partial charge is 0.360 e. The average Bonchev–Trinajstić information content (AvgIpc) is 2.82. The van der Waals surface area contributed by atoms with Gasteiger partial charge in [0.1, 0.15) is 0 Å². The Hall–Kier alpha value is -1.38. The highest BCUT2D eigenvalue weighted by atomic mass is 32.1. The summed E-state index contributed by atoms with van der Waals surface area (Å²) >= 11 is 0.474. The first-order chi connectivity index (χ1) is 10.1. The molecule has 0 bridgehead atoms. The largest absolute Gasteiger partial charge is 0.445 e. The quantitative estimate of drug-likeness (QED) is 0.838. The van der Waals surface area contributed by atoms with Crippen molar-refractivity contribution >= 4 is 22.4 Å². The van der Waals surface area contributed by atoms with Crippen molar-refractivity contribution in [2.75, 3.05) is 11.9 Å². The van der Waals surface area contributed by atoms with Crippen molar-refractivity contribution in [2.24, 2.45) is 11.3 Å². The van der Waals surface area contributed by atoms with Crippen molar-refractivity contribution in [3.05, 3.63) is 5.01 Å². The highest BCUT2D eigenvalue weighted by molar-refractivity contribution is 7.15. The van der Waals surface area contributed by atoms with Crippen molar-refractivity contribution in [3.63, 3.8) is 0 Å². The molecule has 1 aliphatic carbocycles. The van der Waals surface area contributed by atoms with Gasteiger partial charge in [0.2, 0.25) is 16.0 Å². The number of carbonyl (C=O) groups is 1. The standard InChI is InChI=1S/C13H19F3N4OS/c1-7(18-9(21)8-6-12(8,2)3)4-5-17-11-20-19-10(22-11)13(14,15)16/h7-8H,4-6H2,1-3H3,(H,17,20)(H,18,21)/t7-,8+/m0/s1. The van der Waals surface area contributed by atoms with Crippen molar-refractivity contribution in [2.45, 2.75) is 45.8 Å². The molecular formula is C13H19F3N4OS. The molecule has 2 N–H and O–H groups in total. The summed E-state index contributed by atoms with van der Waals surface area (Å²) in [6, 6.07) is -0.0496. The molecule has 1 aromatic rings. The van der Waals surface area contributed by atoms with Gasteiger partial charge in [0, 0.05) is 18.5 Å². The van der Waals surface area contributed by atoms with Crippen LogP contribution in [0.5, 0.6) is 0 Å². The molecule has 0 unspecified atom stereocenters. The van der Waals surface area contributed by atoms with Crippen LogP contribution in [0.2, 0.25) is 0 Å². The van der Waals surface area contributed by atoms with Gasteiger partial charge in [0.25, 0.3) is 0 Å². The zero-order valence-electron chi connectivity index (χ0n) is 12.6. The lowest BCUT2D eigenvalue weighted by Crippen LogP contribution is -2.35. The third-order valence-electron chi connectivity index (χ3n) is 3.74. The van der Waals surface area contributed by atoms with Crippen LogP contribution in [0.4, 0.5) is 18.3 Å². The van der Waals surface area contributed by atoms with E-state index in [-0.39, 0.29) is 28.4 Å². The third kappa shape index (κ3) is 4.31. The predicted molar refractivity (Wildman–Crippen MR) is 77.5 cm³/mol. The van der Waals surface area contributed by atoms with Crippen molar-refractivity contribution < 1.29 is 18.0 Å². The van der Waals surface area contributed by atoms with E-state index < -0.39 is 11.2 Å². The van der Waals surface area contributed by atoms with E-state index in [0.717, 1.165) is 6.42 Å². The maximum Gasteiger partial charge on any atom is 0.445 e. The van der Waals surface area contributed by atoms with Gasteiger partial charge in [-0.2, -0.15) is 13.2 Å². The molecule has 1 heterocycles. The van der Waals surface area contributed by atoms with E-state index in [1.165, 1.54) is 0 Å². The fourth-order valence-electron chi connectivity index (χ4n) is 2.14. The molecule has 0 spiro atoms. The summed E-state index contributed by atoms with van der Waals surface area (Å²) in [5.74, 6) is 0.119. The van der Waals surface area contributed by atoms with Crippen LogP contribution in [0.25, 0.3) is 0 Å². The molecule has 0 aliphatic heterocycles. The molecule has 2 atom stereocenters. The number of hydrogen-bond acceptors (Lipinski definition) is 5. The van der Waals surface area contributed by atoms with Gasteiger partial charge >= 0.3 is 6.18 Å².